The lowest BCUT2D eigenvalue weighted by Crippen LogP contribution is -2.30. The third-order valence-corrected chi connectivity index (χ3v) is 5.66. The fraction of sp³-hybridized carbons (Fsp3) is 0.167. The van der Waals surface area contributed by atoms with Crippen molar-refractivity contribution in [3.63, 3.8) is 0 Å². The van der Waals surface area contributed by atoms with E-state index in [2.05, 4.69) is 4.98 Å². The lowest BCUT2D eigenvalue weighted by molar-refractivity contribution is -0.133. The molecule has 26 heavy (non-hydrogen) atoms. The number of amides is 1. The molecular formula is C18H15ClN2O3S2. The molecule has 0 N–H and O–H groups in total. The van der Waals surface area contributed by atoms with Gasteiger partial charge in [-0.25, -0.2) is 9.78 Å². The molecule has 0 spiro atoms. The van der Waals surface area contributed by atoms with E-state index in [-0.39, 0.29) is 18.2 Å². The van der Waals surface area contributed by atoms with E-state index in [9.17, 15) is 9.59 Å². The summed E-state index contributed by atoms with van der Waals surface area (Å²) in [6, 6.07) is 11.1. The van der Waals surface area contributed by atoms with Crippen LogP contribution in [0.25, 0.3) is 9.88 Å². The Labute approximate surface area is 163 Å². The Morgan fingerprint density at radius 1 is 1.19 bits per heavy atom. The molecule has 0 saturated carbocycles. The van der Waals surface area contributed by atoms with E-state index in [1.54, 1.807) is 35.9 Å². The molecule has 0 aliphatic carbocycles. The first-order valence-electron chi connectivity index (χ1n) is 7.68. The molecule has 2 aromatic heterocycles. The Kier molecular flexibility index (Phi) is 6.03. The van der Waals surface area contributed by atoms with Gasteiger partial charge in [-0.15, -0.1) is 22.7 Å². The molecule has 3 rings (SSSR count). The molecule has 5 nitrogen and oxygen atoms in total. The number of nitrogens with zero attached hydrogens (tertiary/aromatic N) is 2. The van der Waals surface area contributed by atoms with E-state index in [0.29, 0.717) is 11.6 Å². The molecule has 0 radical (unpaired) electrons. The minimum Gasteiger partial charge on any atom is -0.451 e. The van der Waals surface area contributed by atoms with Crippen LogP contribution < -0.4 is 0 Å². The predicted octanol–water partition coefficient (Wildman–Crippen LogP) is 4.34. The van der Waals surface area contributed by atoms with Gasteiger partial charge >= 0.3 is 5.97 Å². The lowest BCUT2D eigenvalue weighted by Gasteiger charge is -2.17. The zero-order valence-electron chi connectivity index (χ0n) is 13.8. The van der Waals surface area contributed by atoms with Crippen molar-refractivity contribution in [3.05, 3.63) is 63.4 Å². The average Bonchev–Trinajstić information content (AvgIpc) is 3.32. The number of carbonyl (C=O) groups is 2. The van der Waals surface area contributed by atoms with Gasteiger partial charge in [0.1, 0.15) is 5.01 Å². The number of likely N-dealkylation sites (N-methyl/N-ethyl adjacent to an activating group) is 1. The van der Waals surface area contributed by atoms with E-state index in [1.165, 1.54) is 16.2 Å². The fourth-order valence-electron chi connectivity index (χ4n) is 2.14. The van der Waals surface area contributed by atoms with E-state index < -0.39 is 5.97 Å². The molecule has 2 heterocycles. The first-order chi connectivity index (χ1) is 12.5. The van der Waals surface area contributed by atoms with Crippen LogP contribution in [0.15, 0.2) is 47.2 Å². The maximum absolute atomic E-state index is 12.1. The number of hydrogen-bond donors (Lipinski definition) is 0. The van der Waals surface area contributed by atoms with Crippen molar-refractivity contribution in [2.45, 2.75) is 6.54 Å². The highest BCUT2D eigenvalue weighted by molar-refractivity contribution is 7.20. The summed E-state index contributed by atoms with van der Waals surface area (Å²) in [5.41, 5.74) is 1.16. The van der Waals surface area contributed by atoms with Crippen molar-refractivity contribution in [3.8, 4) is 9.88 Å². The van der Waals surface area contributed by atoms with Gasteiger partial charge in [0.05, 0.1) is 4.88 Å². The molecule has 0 unspecified atom stereocenters. The van der Waals surface area contributed by atoms with E-state index in [1.807, 2.05) is 29.6 Å². The smallest absolute Gasteiger partial charge is 0.358 e. The first-order valence-corrected chi connectivity index (χ1v) is 9.81. The van der Waals surface area contributed by atoms with Gasteiger partial charge in [-0.3, -0.25) is 4.79 Å². The van der Waals surface area contributed by atoms with Gasteiger partial charge in [-0.1, -0.05) is 29.8 Å². The minimum absolute atomic E-state index is 0.214. The number of ether oxygens (including phenoxy) is 1. The molecule has 1 amide bonds. The summed E-state index contributed by atoms with van der Waals surface area (Å²) in [4.78, 5) is 31.0. The van der Waals surface area contributed by atoms with E-state index >= 15 is 0 Å². The number of rotatable bonds is 6. The van der Waals surface area contributed by atoms with Crippen LogP contribution in [-0.4, -0.2) is 35.4 Å². The SMILES string of the molecule is CN(Cc1ccc(Cl)cc1)C(=O)COC(=O)c1csc(-c2cccs2)n1. The normalized spacial score (nSPS) is 10.5. The third-order valence-electron chi connectivity index (χ3n) is 3.53. The van der Waals surface area contributed by atoms with E-state index in [4.69, 9.17) is 16.3 Å². The number of thiophene rings is 1. The van der Waals surface area contributed by atoms with Crippen molar-refractivity contribution >= 4 is 46.2 Å². The fourth-order valence-corrected chi connectivity index (χ4v) is 3.87. The van der Waals surface area contributed by atoms with Crippen LogP contribution in [0.4, 0.5) is 0 Å². The van der Waals surface area contributed by atoms with Crippen LogP contribution in [0.1, 0.15) is 16.1 Å². The minimum atomic E-state index is -0.600. The number of aromatic nitrogens is 1. The van der Waals surface area contributed by atoms with Crippen LogP contribution in [-0.2, 0) is 16.1 Å². The number of hydrogen-bond acceptors (Lipinski definition) is 6. The number of esters is 1. The predicted molar refractivity (Wildman–Crippen MR) is 104 cm³/mol. The largest absolute Gasteiger partial charge is 0.451 e. The molecule has 3 aromatic rings. The molecule has 0 aliphatic rings. The average molecular weight is 407 g/mol. The Morgan fingerprint density at radius 3 is 2.65 bits per heavy atom. The van der Waals surface area contributed by atoms with Crippen LogP contribution in [0.3, 0.4) is 0 Å². The second-order valence-electron chi connectivity index (χ2n) is 5.47. The zero-order chi connectivity index (χ0) is 18.5. The molecule has 0 fully saturated rings. The second kappa shape index (κ2) is 8.44. The summed E-state index contributed by atoms with van der Waals surface area (Å²) in [5.74, 6) is -0.890. The number of carbonyl (C=O) groups excluding carboxylic acids is 2. The summed E-state index contributed by atoms with van der Waals surface area (Å²) < 4.78 is 5.09. The van der Waals surface area contributed by atoms with E-state index in [0.717, 1.165) is 15.4 Å². The molecule has 1 aromatic carbocycles. The van der Waals surface area contributed by atoms with Gasteiger partial charge in [0.15, 0.2) is 12.3 Å². The van der Waals surface area contributed by atoms with Crippen LogP contribution >= 0.6 is 34.3 Å². The topological polar surface area (TPSA) is 59.5 Å². The Balaban J connectivity index is 1.52. The van der Waals surface area contributed by atoms with Crippen molar-refractivity contribution in [1.82, 2.24) is 9.88 Å². The molecule has 0 aliphatic heterocycles. The second-order valence-corrected chi connectivity index (χ2v) is 7.71. The summed E-state index contributed by atoms with van der Waals surface area (Å²) >= 11 is 8.77. The van der Waals surface area contributed by atoms with Gasteiger partial charge < -0.3 is 9.64 Å². The summed E-state index contributed by atoms with van der Waals surface area (Å²) in [6.45, 7) is 0.0849. The molecule has 134 valence electrons. The van der Waals surface area contributed by atoms with Crippen molar-refractivity contribution in [1.29, 1.82) is 0 Å². The molecule has 0 saturated heterocycles. The number of benzene rings is 1. The van der Waals surface area contributed by atoms with Crippen LogP contribution in [0, 0.1) is 0 Å². The van der Waals surface area contributed by atoms with Crippen molar-refractivity contribution in [2.75, 3.05) is 13.7 Å². The number of thiazole rings is 1. The standard InChI is InChI=1S/C18H15ClN2O3S2/c1-21(9-12-4-6-13(19)7-5-12)16(22)10-24-18(23)14-11-26-17(20-14)15-3-2-8-25-15/h2-8,11H,9-10H2,1H3. The number of halogens is 1. The molecular weight excluding hydrogens is 392 g/mol. The van der Waals surface area contributed by atoms with Gasteiger partial charge in [-0.2, -0.15) is 0 Å². The van der Waals surface area contributed by atoms with Gasteiger partial charge in [-0.05, 0) is 29.1 Å². The highest BCUT2D eigenvalue weighted by Crippen LogP contribution is 2.27. The zero-order valence-corrected chi connectivity index (χ0v) is 16.2. The highest BCUT2D eigenvalue weighted by atomic mass is 35.5. The molecule has 8 heteroatoms. The molecule has 0 atom stereocenters. The van der Waals surface area contributed by atoms with Crippen LogP contribution in [0.2, 0.25) is 5.02 Å². The summed E-state index contributed by atoms with van der Waals surface area (Å²) in [7, 11) is 1.66. The summed E-state index contributed by atoms with van der Waals surface area (Å²) in [6.07, 6.45) is 0. The summed E-state index contributed by atoms with van der Waals surface area (Å²) in [5, 5.41) is 4.99. The lowest BCUT2D eigenvalue weighted by atomic mass is 10.2. The Morgan fingerprint density at radius 2 is 1.96 bits per heavy atom. The van der Waals surface area contributed by atoms with Crippen molar-refractivity contribution < 1.29 is 14.3 Å². The van der Waals surface area contributed by atoms with Crippen molar-refractivity contribution in [2.24, 2.45) is 0 Å². The monoisotopic (exact) mass is 406 g/mol. The Bertz CT molecular complexity index is 892. The maximum atomic E-state index is 12.1. The van der Waals surface area contributed by atoms with Gasteiger partial charge in [0.25, 0.3) is 5.91 Å². The van der Waals surface area contributed by atoms with Gasteiger partial charge in [0, 0.05) is 24.0 Å². The first kappa shape index (κ1) is 18.6. The maximum Gasteiger partial charge on any atom is 0.358 e. The highest BCUT2D eigenvalue weighted by Gasteiger charge is 2.17. The van der Waals surface area contributed by atoms with Gasteiger partial charge in [0.2, 0.25) is 0 Å². The van der Waals surface area contributed by atoms with Crippen LogP contribution in [0.5, 0.6) is 0 Å². The quantitative estimate of drug-likeness (QED) is 0.571. The third kappa shape index (κ3) is 4.69. The Hall–Kier alpha value is -2.22. The molecule has 0 bridgehead atoms.